The lowest BCUT2D eigenvalue weighted by Gasteiger charge is -1.93. The van der Waals surface area contributed by atoms with E-state index in [1.54, 1.807) is 24.5 Å². The van der Waals surface area contributed by atoms with Gasteiger partial charge in [0.05, 0.1) is 0 Å². The Bertz CT molecular complexity index is 434. The topological polar surface area (TPSA) is 58.6 Å². The third-order valence-corrected chi connectivity index (χ3v) is 1.76. The quantitative estimate of drug-likeness (QED) is 0.446. The largest absolute Gasteiger partial charge is 0.455 e. The third kappa shape index (κ3) is 1.64. The highest BCUT2D eigenvalue weighted by atomic mass is 16.4. The molecule has 0 aromatic carbocycles. The van der Waals surface area contributed by atoms with Crippen LogP contribution in [0.1, 0.15) is 5.76 Å². The van der Waals surface area contributed by atoms with Gasteiger partial charge in [0.25, 0.3) is 0 Å². The van der Waals surface area contributed by atoms with Crippen molar-refractivity contribution < 1.29 is 9.62 Å². The smallest absolute Gasteiger partial charge is 0.149 e. The molecule has 2 aromatic rings. The van der Waals surface area contributed by atoms with Crippen molar-refractivity contribution in [2.75, 3.05) is 0 Å². The van der Waals surface area contributed by atoms with Crippen LogP contribution in [-0.4, -0.2) is 16.4 Å². The molecule has 0 saturated carbocycles. The molecular formula is C10H8N2O2. The molecule has 4 nitrogen and oxygen atoms in total. The van der Waals surface area contributed by atoms with Crippen LogP contribution in [-0.2, 0) is 0 Å². The average Bonchev–Trinajstić information content (AvgIpc) is 2.68. The summed E-state index contributed by atoms with van der Waals surface area (Å²) in [5.41, 5.74) is 0.894. The molecule has 0 bridgehead atoms. The SMILES string of the molecule is O/N=C/c1ccc(-c2cccnc2)o1. The van der Waals surface area contributed by atoms with Gasteiger partial charge < -0.3 is 9.62 Å². The van der Waals surface area contributed by atoms with Crippen molar-refractivity contribution in [3.8, 4) is 11.3 Å². The number of pyridine rings is 1. The van der Waals surface area contributed by atoms with E-state index in [0.29, 0.717) is 11.5 Å². The first kappa shape index (κ1) is 8.50. The lowest BCUT2D eigenvalue weighted by molar-refractivity contribution is 0.321. The Morgan fingerprint density at radius 2 is 2.29 bits per heavy atom. The summed E-state index contributed by atoms with van der Waals surface area (Å²) < 4.78 is 5.36. The Hall–Kier alpha value is -2.10. The zero-order valence-corrected chi connectivity index (χ0v) is 7.29. The molecule has 4 heteroatoms. The maximum absolute atomic E-state index is 8.30. The van der Waals surface area contributed by atoms with Crippen LogP contribution in [0.3, 0.4) is 0 Å². The van der Waals surface area contributed by atoms with E-state index in [1.807, 2.05) is 12.1 Å². The summed E-state index contributed by atoms with van der Waals surface area (Å²) >= 11 is 0. The molecule has 0 amide bonds. The van der Waals surface area contributed by atoms with Crippen LogP contribution in [0.25, 0.3) is 11.3 Å². The molecule has 0 aliphatic rings. The number of rotatable bonds is 2. The molecule has 0 aliphatic carbocycles. The van der Waals surface area contributed by atoms with Crippen LogP contribution in [0.4, 0.5) is 0 Å². The van der Waals surface area contributed by atoms with E-state index in [1.165, 1.54) is 6.21 Å². The monoisotopic (exact) mass is 188 g/mol. The maximum atomic E-state index is 8.30. The molecule has 0 unspecified atom stereocenters. The third-order valence-electron chi connectivity index (χ3n) is 1.76. The van der Waals surface area contributed by atoms with Crippen LogP contribution >= 0.6 is 0 Å². The average molecular weight is 188 g/mol. The molecule has 0 spiro atoms. The van der Waals surface area contributed by atoms with E-state index in [0.717, 1.165) is 5.56 Å². The molecule has 0 fully saturated rings. The van der Waals surface area contributed by atoms with Gasteiger partial charge in [0.15, 0.2) is 0 Å². The van der Waals surface area contributed by atoms with Crippen LogP contribution in [0, 0.1) is 0 Å². The van der Waals surface area contributed by atoms with Gasteiger partial charge in [0, 0.05) is 18.0 Å². The highest BCUT2D eigenvalue weighted by Gasteiger charge is 2.02. The Labute approximate surface area is 80.5 Å². The van der Waals surface area contributed by atoms with E-state index in [2.05, 4.69) is 10.1 Å². The molecule has 2 heterocycles. The molecule has 0 atom stereocenters. The van der Waals surface area contributed by atoms with Gasteiger partial charge in [0.1, 0.15) is 17.7 Å². The predicted molar refractivity (Wildman–Crippen MR) is 51.3 cm³/mol. The zero-order valence-electron chi connectivity index (χ0n) is 7.29. The second-order valence-electron chi connectivity index (χ2n) is 2.69. The number of oxime groups is 1. The summed E-state index contributed by atoms with van der Waals surface area (Å²) in [5.74, 6) is 1.21. The van der Waals surface area contributed by atoms with Crippen molar-refractivity contribution in [1.82, 2.24) is 4.98 Å². The second-order valence-corrected chi connectivity index (χ2v) is 2.69. The van der Waals surface area contributed by atoms with E-state index in [-0.39, 0.29) is 0 Å². The molecule has 70 valence electrons. The lowest BCUT2D eigenvalue weighted by Crippen LogP contribution is -1.75. The van der Waals surface area contributed by atoms with E-state index in [4.69, 9.17) is 9.62 Å². The first-order chi connectivity index (χ1) is 6.90. The molecule has 0 saturated heterocycles. The van der Waals surface area contributed by atoms with Gasteiger partial charge in [-0.1, -0.05) is 5.16 Å². The van der Waals surface area contributed by atoms with E-state index < -0.39 is 0 Å². The van der Waals surface area contributed by atoms with Gasteiger partial charge in [-0.3, -0.25) is 4.98 Å². The van der Waals surface area contributed by atoms with Crippen LogP contribution in [0.2, 0.25) is 0 Å². The second kappa shape index (κ2) is 3.74. The van der Waals surface area contributed by atoms with Gasteiger partial charge in [-0.2, -0.15) is 0 Å². The fourth-order valence-electron chi connectivity index (χ4n) is 1.14. The van der Waals surface area contributed by atoms with Gasteiger partial charge in [0.2, 0.25) is 0 Å². The van der Waals surface area contributed by atoms with Crippen molar-refractivity contribution in [2.45, 2.75) is 0 Å². The van der Waals surface area contributed by atoms with Gasteiger partial charge in [-0.15, -0.1) is 0 Å². The standard InChI is InChI=1S/C10H8N2O2/c13-12-7-9-3-4-10(14-9)8-2-1-5-11-6-8/h1-7,13H/b12-7+. The predicted octanol–water partition coefficient (Wildman–Crippen LogP) is 2.15. The van der Waals surface area contributed by atoms with Crippen molar-refractivity contribution in [1.29, 1.82) is 0 Å². The molecule has 14 heavy (non-hydrogen) atoms. The van der Waals surface area contributed by atoms with E-state index in [9.17, 15) is 0 Å². The molecular weight excluding hydrogens is 180 g/mol. The maximum Gasteiger partial charge on any atom is 0.149 e. The lowest BCUT2D eigenvalue weighted by atomic mass is 10.2. The fraction of sp³-hybridized carbons (Fsp3) is 0. The molecule has 2 rings (SSSR count). The van der Waals surface area contributed by atoms with Crippen molar-refractivity contribution >= 4 is 6.21 Å². The Morgan fingerprint density at radius 3 is 3.00 bits per heavy atom. The number of furan rings is 1. The number of nitrogens with zero attached hydrogens (tertiary/aromatic N) is 2. The molecule has 1 N–H and O–H groups in total. The number of aromatic nitrogens is 1. The summed E-state index contributed by atoms with van der Waals surface area (Å²) in [7, 11) is 0. The molecule has 2 aromatic heterocycles. The highest BCUT2D eigenvalue weighted by molar-refractivity contribution is 5.76. The van der Waals surface area contributed by atoms with Crippen molar-refractivity contribution in [2.24, 2.45) is 5.16 Å². The summed E-state index contributed by atoms with van der Waals surface area (Å²) in [5, 5.41) is 11.2. The van der Waals surface area contributed by atoms with Gasteiger partial charge in [-0.25, -0.2) is 0 Å². The summed E-state index contributed by atoms with van der Waals surface area (Å²) in [4.78, 5) is 3.97. The normalized spacial score (nSPS) is 10.9. The van der Waals surface area contributed by atoms with Crippen LogP contribution < -0.4 is 0 Å². The van der Waals surface area contributed by atoms with Crippen LogP contribution in [0.5, 0.6) is 0 Å². The highest BCUT2D eigenvalue weighted by Crippen LogP contribution is 2.19. The Kier molecular flexibility index (Phi) is 2.27. The zero-order chi connectivity index (χ0) is 9.80. The minimum atomic E-state index is 0.506. The molecule has 0 radical (unpaired) electrons. The summed E-state index contributed by atoms with van der Waals surface area (Å²) in [6.07, 6.45) is 4.64. The van der Waals surface area contributed by atoms with E-state index >= 15 is 0 Å². The number of hydrogen-bond donors (Lipinski definition) is 1. The Balaban J connectivity index is 2.34. The minimum Gasteiger partial charge on any atom is -0.455 e. The summed E-state index contributed by atoms with van der Waals surface area (Å²) in [6, 6.07) is 7.25. The van der Waals surface area contributed by atoms with Gasteiger partial charge in [-0.05, 0) is 24.3 Å². The minimum absolute atomic E-state index is 0.506. The van der Waals surface area contributed by atoms with Crippen molar-refractivity contribution in [3.63, 3.8) is 0 Å². The first-order valence-electron chi connectivity index (χ1n) is 4.08. The first-order valence-corrected chi connectivity index (χ1v) is 4.08. The van der Waals surface area contributed by atoms with Crippen LogP contribution in [0.15, 0.2) is 46.2 Å². The number of hydrogen-bond acceptors (Lipinski definition) is 4. The van der Waals surface area contributed by atoms with Gasteiger partial charge >= 0.3 is 0 Å². The summed E-state index contributed by atoms with van der Waals surface area (Å²) in [6.45, 7) is 0. The fourth-order valence-corrected chi connectivity index (χ4v) is 1.14. The van der Waals surface area contributed by atoms with Crippen molar-refractivity contribution in [3.05, 3.63) is 42.4 Å². The molecule has 0 aliphatic heterocycles. The Morgan fingerprint density at radius 1 is 1.36 bits per heavy atom.